The maximum atomic E-state index is 12.0. The van der Waals surface area contributed by atoms with Crippen LogP contribution in [0.5, 0.6) is 0 Å². The van der Waals surface area contributed by atoms with Gasteiger partial charge >= 0.3 is 0 Å². The third-order valence-corrected chi connectivity index (χ3v) is 3.24. The van der Waals surface area contributed by atoms with Crippen LogP contribution in [0.4, 0.5) is 0 Å². The zero-order chi connectivity index (χ0) is 12.3. The van der Waals surface area contributed by atoms with Crippen LogP contribution in [0, 0.1) is 13.8 Å². The molecule has 0 amide bonds. The van der Waals surface area contributed by atoms with E-state index in [1.807, 2.05) is 26.0 Å². The molecule has 2 rings (SSSR count). The van der Waals surface area contributed by atoms with Crippen molar-refractivity contribution in [2.75, 3.05) is 6.61 Å². The first-order valence-corrected chi connectivity index (χ1v) is 6.26. The molecular formula is C14H19NO2. The van der Waals surface area contributed by atoms with E-state index in [0.717, 1.165) is 42.8 Å². The summed E-state index contributed by atoms with van der Waals surface area (Å²) in [5.74, 6) is 0.186. The fourth-order valence-corrected chi connectivity index (χ4v) is 2.28. The molecule has 3 nitrogen and oxygen atoms in total. The second-order valence-electron chi connectivity index (χ2n) is 4.68. The quantitative estimate of drug-likeness (QED) is 0.751. The number of rotatable bonds is 4. The summed E-state index contributed by atoms with van der Waals surface area (Å²) in [5, 5.41) is 0. The van der Waals surface area contributed by atoms with Crippen LogP contribution in [0.3, 0.4) is 0 Å². The Morgan fingerprint density at radius 2 is 2.29 bits per heavy atom. The Balaban J connectivity index is 1.94. The van der Waals surface area contributed by atoms with Crippen LogP contribution < -0.4 is 0 Å². The van der Waals surface area contributed by atoms with Gasteiger partial charge in [0, 0.05) is 30.0 Å². The Hall–Kier alpha value is -1.22. The third kappa shape index (κ3) is 3.13. The van der Waals surface area contributed by atoms with Crippen molar-refractivity contribution >= 4 is 5.78 Å². The highest BCUT2D eigenvalue weighted by atomic mass is 16.5. The number of carbonyl (C=O) groups is 1. The molecular weight excluding hydrogens is 214 g/mol. The van der Waals surface area contributed by atoms with E-state index in [1.54, 1.807) is 0 Å². The van der Waals surface area contributed by atoms with Crippen molar-refractivity contribution in [2.45, 2.75) is 45.6 Å². The predicted octanol–water partition coefficient (Wildman–Crippen LogP) is 2.84. The van der Waals surface area contributed by atoms with Crippen LogP contribution in [0.1, 0.15) is 47.4 Å². The Morgan fingerprint density at radius 1 is 1.47 bits per heavy atom. The molecule has 92 valence electrons. The second kappa shape index (κ2) is 5.41. The van der Waals surface area contributed by atoms with Crippen LogP contribution >= 0.6 is 0 Å². The lowest BCUT2D eigenvalue weighted by atomic mass is 10.0. The Labute approximate surface area is 102 Å². The van der Waals surface area contributed by atoms with Crippen molar-refractivity contribution < 1.29 is 9.53 Å². The smallest absolute Gasteiger partial charge is 0.164 e. The van der Waals surface area contributed by atoms with E-state index in [4.69, 9.17) is 4.74 Å². The molecule has 0 N–H and O–H groups in total. The molecule has 2 heterocycles. The monoisotopic (exact) mass is 233 g/mol. The molecule has 17 heavy (non-hydrogen) atoms. The lowest BCUT2D eigenvalue weighted by Crippen LogP contribution is -2.10. The number of nitrogens with zero attached hydrogens (tertiary/aromatic N) is 1. The van der Waals surface area contributed by atoms with Gasteiger partial charge in [-0.2, -0.15) is 0 Å². The maximum Gasteiger partial charge on any atom is 0.164 e. The van der Waals surface area contributed by atoms with Crippen molar-refractivity contribution in [2.24, 2.45) is 0 Å². The molecule has 0 saturated carbocycles. The molecule has 1 aliphatic rings. The molecule has 1 saturated heterocycles. The Bertz CT molecular complexity index is 409. The average Bonchev–Trinajstić information content (AvgIpc) is 2.78. The van der Waals surface area contributed by atoms with Gasteiger partial charge in [-0.15, -0.1) is 0 Å². The number of Topliss-reactive ketones (excluding diaryl/α,β-unsaturated/α-hetero) is 1. The first kappa shape index (κ1) is 12.2. The van der Waals surface area contributed by atoms with Gasteiger partial charge in [-0.3, -0.25) is 9.78 Å². The zero-order valence-electron chi connectivity index (χ0n) is 10.5. The molecule has 1 atom stereocenters. The summed E-state index contributed by atoms with van der Waals surface area (Å²) < 4.78 is 5.52. The van der Waals surface area contributed by atoms with E-state index in [1.165, 1.54) is 0 Å². The van der Waals surface area contributed by atoms with E-state index >= 15 is 0 Å². The maximum absolute atomic E-state index is 12.0. The van der Waals surface area contributed by atoms with Crippen LogP contribution in [-0.4, -0.2) is 23.5 Å². The average molecular weight is 233 g/mol. The first-order chi connectivity index (χ1) is 8.16. The highest BCUT2D eigenvalue weighted by molar-refractivity contribution is 5.97. The van der Waals surface area contributed by atoms with Crippen LogP contribution in [-0.2, 0) is 4.74 Å². The first-order valence-electron chi connectivity index (χ1n) is 6.26. The number of ether oxygens (including phenoxy) is 1. The van der Waals surface area contributed by atoms with Crippen LogP contribution in [0.15, 0.2) is 12.1 Å². The van der Waals surface area contributed by atoms with E-state index in [9.17, 15) is 4.79 Å². The predicted molar refractivity (Wildman–Crippen MR) is 66.2 cm³/mol. The molecule has 1 aliphatic heterocycles. The van der Waals surface area contributed by atoms with Gasteiger partial charge in [0.15, 0.2) is 5.78 Å². The highest BCUT2D eigenvalue weighted by Gasteiger charge is 2.18. The number of pyridine rings is 1. The highest BCUT2D eigenvalue weighted by Crippen LogP contribution is 2.19. The Morgan fingerprint density at radius 3 is 2.94 bits per heavy atom. The van der Waals surface area contributed by atoms with Gasteiger partial charge in [0.2, 0.25) is 0 Å². The van der Waals surface area contributed by atoms with Crippen molar-refractivity contribution in [1.82, 2.24) is 4.98 Å². The molecule has 0 spiro atoms. The van der Waals surface area contributed by atoms with Crippen molar-refractivity contribution in [3.05, 3.63) is 29.1 Å². The Kier molecular flexibility index (Phi) is 3.89. The van der Waals surface area contributed by atoms with Gasteiger partial charge in [0.05, 0.1) is 6.10 Å². The van der Waals surface area contributed by atoms with Gasteiger partial charge in [-0.25, -0.2) is 0 Å². The number of aryl methyl sites for hydroxylation is 2. The van der Waals surface area contributed by atoms with Gasteiger partial charge in [-0.1, -0.05) is 0 Å². The molecule has 0 radical (unpaired) electrons. The van der Waals surface area contributed by atoms with Gasteiger partial charge < -0.3 is 4.74 Å². The molecule has 1 aromatic rings. The minimum absolute atomic E-state index is 0.186. The third-order valence-electron chi connectivity index (χ3n) is 3.24. The molecule has 3 heteroatoms. The van der Waals surface area contributed by atoms with E-state index in [-0.39, 0.29) is 11.9 Å². The number of hydrogen-bond acceptors (Lipinski definition) is 3. The molecule has 1 unspecified atom stereocenters. The minimum atomic E-state index is 0.186. The minimum Gasteiger partial charge on any atom is -0.378 e. The number of aromatic nitrogens is 1. The molecule has 0 aromatic carbocycles. The summed E-state index contributed by atoms with van der Waals surface area (Å²) in [5.41, 5.74) is 2.55. The normalized spacial score (nSPS) is 19.5. The summed E-state index contributed by atoms with van der Waals surface area (Å²) in [7, 11) is 0. The molecule has 1 aromatic heterocycles. The van der Waals surface area contributed by atoms with Gasteiger partial charge in [0.25, 0.3) is 0 Å². The summed E-state index contributed by atoms with van der Waals surface area (Å²) in [6.07, 6.45) is 3.92. The summed E-state index contributed by atoms with van der Waals surface area (Å²) in [6, 6.07) is 3.78. The topological polar surface area (TPSA) is 39.2 Å². The van der Waals surface area contributed by atoms with Crippen molar-refractivity contribution in [3.8, 4) is 0 Å². The summed E-state index contributed by atoms with van der Waals surface area (Å²) >= 11 is 0. The van der Waals surface area contributed by atoms with Crippen molar-refractivity contribution in [1.29, 1.82) is 0 Å². The largest absolute Gasteiger partial charge is 0.378 e. The lowest BCUT2D eigenvalue weighted by molar-refractivity contribution is 0.0858. The molecule has 0 aliphatic carbocycles. The van der Waals surface area contributed by atoms with Crippen LogP contribution in [0.2, 0.25) is 0 Å². The standard InChI is InChI=1S/C14H19NO2/c1-10-5-7-13(11(2)15-10)14(16)8-6-12-4-3-9-17-12/h5,7,12H,3-4,6,8-9H2,1-2H3. The molecule has 0 bridgehead atoms. The second-order valence-corrected chi connectivity index (χ2v) is 4.68. The van der Waals surface area contributed by atoms with E-state index in [0.29, 0.717) is 6.42 Å². The van der Waals surface area contributed by atoms with E-state index < -0.39 is 0 Å². The SMILES string of the molecule is Cc1ccc(C(=O)CCC2CCCO2)c(C)n1. The fourth-order valence-electron chi connectivity index (χ4n) is 2.28. The van der Waals surface area contributed by atoms with Gasteiger partial charge in [0.1, 0.15) is 0 Å². The summed E-state index contributed by atoms with van der Waals surface area (Å²) in [6.45, 7) is 4.68. The number of ketones is 1. The zero-order valence-corrected chi connectivity index (χ0v) is 10.5. The number of hydrogen-bond donors (Lipinski definition) is 0. The van der Waals surface area contributed by atoms with Crippen molar-refractivity contribution in [3.63, 3.8) is 0 Å². The van der Waals surface area contributed by atoms with Gasteiger partial charge in [-0.05, 0) is 45.2 Å². The van der Waals surface area contributed by atoms with E-state index in [2.05, 4.69) is 4.98 Å². The molecule has 1 fully saturated rings. The number of carbonyl (C=O) groups excluding carboxylic acids is 1. The summed E-state index contributed by atoms with van der Waals surface area (Å²) in [4.78, 5) is 16.4. The lowest BCUT2D eigenvalue weighted by Gasteiger charge is -2.09. The van der Waals surface area contributed by atoms with Crippen LogP contribution in [0.25, 0.3) is 0 Å². The fraction of sp³-hybridized carbons (Fsp3) is 0.571.